The molecule has 0 unspecified atom stereocenters. The van der Waals surface area contributed by atoms with Crippen LogP contribution in [0.5, 0.6) is 11.5 Å². The molecule has 0 aliphatic carbocycles. The standard InChI is InChI=1S/C18H18N2O4/c1-3-4-14-9-12(10-16(24-2)17(14)21)11-19-20-15-7-5-13(6-8-15)18(22)23/h3,5-11,20-21H,1,4H2,2H3,(H,22,23). The first-order valence-corrected chi connectivity index (χ1v) is 7.18. The second-order valence-corrected chi connectivity index (χ2v) is 4.98. The van der Waals surface area contributed by atoms with Gasteiger partial charge in [-0.3, -0.25) is 5.43 Å². The fourth-order valence-electron chi connectivity index (χ4n) is 2.10. The number of nitrogens with one attached hydrogen (secondary N) is 1. The van der Waals surface area contributed by atoms with E-state index in [-0.39, 0.29) is 11.3 Å². The Labute approximate surface area is 139 Å². The molecule has 124 valence electrons. The predicted molar refractivity (Wildman–Crippen MR) is 93.2 cm³/mol. The van der Waals surface area contributed by atoms with Crippen molar-refractivity contribution in [1.29, 1.82) is 0 Å². The number of nitrogens with zero attached hydrogens (tertiary/aromatic N) is 1. The Morgan fingerprint density at radius 3 is 2.62 bits per heavy atom. The molecule has 2 aromatic carbocycles. The topological polar surface area (TPSA) is 91.2 Å². The number of hydrogen-bond donors (Lipinski definition) is 3. The van der Waals surface area contributed by atoms with E-state index in [9.17, 15) is 9.90 Å². The summed E-state index contributed by atoms with van der Waals surface area (Å²) < 4.78 is 5.15. The van der Waals surface area contributed by atoms with E-state index < -0.39 is 5.97 Å². The summed E-state index contributed by atoms with van der Waals surface area (Å²) in [6.45, 7) is 3.66. The molecule has 0 atom stereocenters. The van der Waals surface area contributed by atoms with Crippen LogP contribution in [-0.2, 0) is 6.42 Å². The molecule has 3 N–H and O–H groups in total. The highest BCUT2D eigenvalue weighted by molar-refractivity contribution is 5.88. The Morgan fingerprint density at radius 1 is 1.33 bits per heavy atom. The van der Waals surface area contributed by atoms with E-state index in [1.807, 2.05) is 0 Å². The molecule has 0 saturated heterocycles. The van der Waals surface area contributed by atoms with Crippen molar-refractivity contribution in [2.24, 2.45) is 5.10 Å². The van der Waals surface area contributed by atoms with Gasteiger partial charge in [0.15, 0.2) is 11.5 Å². The van der Waals surface area contributed by atoms with Crippen molar-refractivity contribution >= 4 is 17.9 Å². The highest BCUT2D eigenvalue weighted by atomic mass is 16.5. The number of carbonyl (C=O) groups is 1. The van der Waals surface area contributed by atoms with Crippen LogP contribution in [0, 0.1) is 0 Å². The van der Waals surface area contributed by atoms with Crippen LogP contribution in [0.2, 0.25) is 0 Å². The predicted octanol–water partition coefficient (Wildman–Crippen LogP) is 3.27. The number of benzene rings is 2. The number of ether oxygens (including phenoxy) is 1. The molecule has 6 heteroatoms. The van der Waals surface area contributed by atoms with Crippen molar-refractivity contribution in [2.75, 3.05) is 12.5 Å². The maximum atomic E-state index is 10.8. The molecule has 0 fully saturated rings. The van der Waals surface area contributed by atoms with Crippen LogP contribution < -0.4 is 10.2 Å². The van der Waals surface area contributed by atoms with Crippen molar-refractivity contribution < 1.29 is 19.7 Å². The van der Waals surface area contributed by atoms with Crippen LogP contribution in [0.15, 0.2) is 54.2 Å². The number of hydrazone groups is 1. The largest absolute Gasteiger partial charge is 0.504 e. The average molecular weight is 326 g/mol. The van der Waals surface area contributed by atoms with Crippen LogP contribution in [0.3, 0.4) is 0 Å². The SMILES string of the molecule is C=CCc1cc(C=NNc2ccc(C(=O)O)cc2)cc(OC)c1O. The number of phenolic OH excluding ortho intramolecular Hbond substituents is 1. The fraction of sp³-hybridized carbons (Fsp3) is 0.111. The zero-order valence-corrected chi connectivity index (χ0v) is 13.2. The molecule has 2 rings (SSSR count). The first-order chi connectivity index (χ1) is 11.5. The summed E-state index contributed by atoms with van der Waals surface area (Å²) in [6.07, 6.45) is 3.78. The first kappa shape index (κ1) is 17.1. The number of hydrogen-bond acceptors (Lipinski definition) is 5. The van der Waals surface area contributed by atoms with Gasteiger partial charge in [-0.25, -0.2) is 4.79 Å². The third-order valence-corrected chi connectivity index (χ3v) is 3.30. The van der Waals surface area contributed by atoms with E-state index in [2.05, 4.69) is 17.1 Å². The van der Waals surface area contributed by atoms with Crippen LogP contribution in [-0.4, -0.2) is 29.5 Å². The molecule has 0 saturated carbocycles. The number of methoxy groups -OCH3 is 1. The van der Waals surface area contributed by atoms with Crippen molar-refractivity contribution in [1.82, 2.24) is 0 Å². The van der Waals surface area contributed by atoms with Gasteiger partial charge in [0.2, 0.25) is 0 Å². The Bertz CT molecular complexity index is 767. The van der Waals surface area contributed by atoms with E-state index in [0.717, 1.165) is 5.56 Å². The maximum absolute atomic E-state index is 10.8. The zero-order chi connectivity index (χ0) is 17.5. The molecule has 0 heterocycles. The van der Waals surface area contributed by atoms with Crippen LogP contribution >= 0.6 is 0 Å². The third-order valence-electron chi connectivity index (χ3n) is 3.30. The van der Waals surface area contributed by atoms with Gasteiger partial charge in [0.1, 0.15) is 0 Å². The third kappa shape index (κ3) is 4.13. The Balaban J connectivity index is 2.14. The molecule has 6 nitrogen and oxygen atoms in total. The lowest BCUT2D eigenvalue weighted by molar-refractivity contribution is 0.0697. The molecule has 0 bridgehead atoms. The average Bonchev–Trinajstić information content (AvgIpc) is 2.58. The van der Waals surface area contributed by atoms with Gasteiger partial charge in [0.25, 0.3) is 0 Å². The molecule has 2 aromatic rings. The van der Waals surface area contributed by atoms with E-state index in [4.69, 9.17) is 9.84 Å². The van der Waals surface area contributed by atoms with Gasteiger partial charge in [-0.2, -0.15) is 5.10 Å². The van der Waals surface area contributed by atoms with Gasteiger partial charge in [0, 0.05) is 5.56 Å². The number of allylic oxidation sites excluding steroid dienone is 1. The van der Waals surface area contributed by atoms with E-state index >= 15 is 0 Å². The number of anilines is 1. The number of phenols is 1. The summed E-state index contributed by atoms with van der Waals surface area (Å²) in [5.74, 6) is -0.524. The molecule has 0 aromatic heterocycles. The summed E-state index contributed by atoms with van der Waals surface area (Å²) in [6, 6.07) is 9.69. The lowest BCUT2D eigenvalue weighted by Gasteiger charge is -2.09. The summed E-state index contributed by atoms with van der Waals surface area (Å²) in [4.78, 5) is 10.8. The normalized spacial score (nSPS) is 10.5. The summed E-state index contributed by atoms with van der Waals surface area (Å²) in [5.41, 5.74) is 5.12. The molecule has 0 spiro atoms. The highest BCUT2D eigenvalue weighted by Gasteiger charge is 2.08. The van der Waals surface area contributed by atoms with Gasteiger partial charge in [-0.05, 0) is 48.4 Å². The summed E-state index contributed by atoms with van der Waals surface area (Å²) in [7, 11) is 1.48. The Morgan fingerprint density at radius 2 is 2.04 bits per heavy atom. The van der Waals surface area contributed by atoms with Crippen molar-refractivity contribution in [2.45, 2.75) is 6.42 Å². The van der Waals surface area contributed by atoms with E-state index in [0.29, 0.717) is 23.4 Å². The summed E-state index contributed by atoms with van der Waals surface area (Å²) in [5, 5.41) is 23.0. The van der Waals surface area contributed by atoms with Crippen molar-refractivity contribution in [3.63, 3.8) is 0 Å². The lowest BCUT2D eigenvalue weighted by Crippen LogP contribution is -1.97. The number of carboxylic acids is 1. The number of carboxylic acid groups (broad SMARTS) is 1. The van der Waals surface area contributed by atoms with Crippen LogP contribution in [0.25, 0.3) is 0 Å². The monoisotopic (exact) mass is 326 g/mol. The Kier molecular flexibility index (Phi) is 5.57. The van der Waals surface area contributed by atoms with E-state index in [1.54, 1.807) is 36.6 Å². The number of aromatic hydroxyl groups is 1. The number of rotatable bonds is 7. The smallest absolute Gasteiger partial charge is 0.335 e. The molecular formula is C18H18N2O4. The van der Waals surface area contributed by atoms with Crippen molar-refractivity contribution in [3.05, 3.63) is 65.7 Å². The molecule has 0 aliphatic rings. The fourth-order valence-corrected chi connectivity index (χ4v) is 2.10. The van der Waals surface area contributed by atoms with Crippen LogP contribution in [0.1, 0.15) is 21.5 Å². The minimum absolute atomic E-state index is 0.0896. The van der Waals surface area contributed by atoms with Gasteiger partial charge < -0.3 is 14.9 Å². The quantitative estimate of drug-likeness (QED) is 0.413. The second kappa shape index (κ2) is 7.82. The summed E-state index contributed by atoms with van der Waals surface area (Å²) >= 11 is 0. The van der Waals surface area contributed by atoms with E-state index in [1.165, 1.54) is 19.2 Å². The lowest BCUT2D eigenvalue weighted by atomic mass is 10.1. The molecule has 0 radical (unpaired) electrons. The highest BCUT2D eigenvalue weighted by Crippen LogP contribution is 2.31. The minimum atomic E-state index is -0.976. The van der Waals surface area contributed by atoms with Gasteiger partial charge >= 0.3 is 5.97 Å². The maximum Gasteiger partial charge on any atom is 0.335 e. The molecule has 0 amide bonds. The van der Waals surface area contributed by atoms with Gasteiger partial charge in [-0.1, -0.05) is 6.08 Å². The Hall–Kier alpha value is -3.28. The van der Waals surface area contributed by atoms with Crippen molar-refractivity contribution in [3.8, 4) is 11.5 Å². The van der Waals surface area contributed by atoms with Crippen LogP contribution in [0.4, 0.5) is 5.69 Å². The second-order valence-electron chi connectivity index (χ2n) is 4.98. The van der Waals surface area contributed by atoms with Gasteiger partial charge in [-0.15, -0.1) is 6.58 Å². The molecule has 24 heavy (non-hydrogen) atoms. The molecule has 0 aliphatic heterocycles. The molecular weight excluding hydrogens is 308 g/mol. The zero-order valence-electron chi connectivity index (χ0n) is 13.2. The van der Waals surface area contributed by atoms with Gasteiger partial charge in [0.05, 0.1) is 24.6 Å². The minimum Gasteiger partial charge on any atom is -0.504 e. The number of aromatic carboxylic acids is 1. The first-order valence-electron chi connectivity index (χ1n) is 7.18.